The molecule has 1 aliphatic heterocycles. The van der Waals surface area contributed by atoms with Gasteiger partial charge < -0.3 is 10.6 Å². The quantitative estimate of drug-likeness (QED) is 0.842. The lowest BCUT2D eigenvalue weighted by Crippen LogP contribution is -2.58. The molecule has 112 valence electrons. The zero-order valence-corrected chi connectivity index (χ0v) is 12.5. The molecule has 3 nitrogen and oxygen atoms in total. The maximum absolute atomic E-state index is 13.3. The van der Waals surface area contributed by atoms with Gasteiger partial charge in [0.15, 0.2) is 0 Å². The van der Waals surface area contributed by atoms with Crippen LogP contribution in [0.2, 0.25) is 0 Å². The Labute approximate surface area is 122 Å². The van der Waals surface area contributed by atoms with E-state index < -0.39 is 0 Å². The summed E-state index contributed by atoms with van der Waals surface area (Å²) in [5.74, 6) is 3.05. The van der Waals surface area contributed by atoms with Crippen LogP contribution in [0.3, 0.4) is 0 Å². The fraction of sp³-hybridized carbons (Fsp3) is 0.941. The lowest BCUT2D eigenvalue weighted by Gasteiger charge is -2.57. The van der Waals surface area contributed by atoms with Gasteiger partial charge in [-0.3, -0.25) is 4.79 Å². The molecular formula is C17H28N2O. The molecular weight excluding hydrogens is 248 g/mol. The molecule has 1 saturated heterocycles. The van der Waals surface area contributed by atoms with E-state index in [1.165, 1.54) is 51.4 Å². The second-order valence-corrected chi connectivity index (χ2v) is 8.08. The van der Waals surface area contributed by atoms with Gasteiger partial charge in [0.2, 0.25) is 5.91 Å². The molecule has 0 spiro atoms. The minimum Gasteiger partial charge on any atom is -0.338 e. The third-order valence-electron chi connectivity index (χ3n) is 6.65. The van der Waals surface area contributed by atoms with Crippen LogP contribution in [0, 0.1) is 23.2 Å². The number of piperidine rings is 1. The van der Waals surface area contributed by atoms with Crippen LogP contribution in [-0.2, 0) is 4.79 Å². The Hall–Kier alpha value is -0.570. The Morgan fingerprint density at radius 2 is 1.65 bits per heavy atom. The molecule has 4 saturated carbocycles. The van der Waals surface area contributed by atoms with E-state index in [1.54, 1.807) is 0 Å². The van der Waals surface area contributed by atoms with Gasteiger partial charge in [0, 0.05) is 19.1 Å². The van der Waals surface area contributed by atoms with E-state index in [4.69, 9.17) is 5.73 Å². The van der Waals surface area contributed by atoms with Crippen molar-refractivity contribution in [2.75, 3.05) is 13.1 Å². The van der Waals surface area contributed by atoms with Crippen LogP contribution in [0.5, 0.6) is 0 Å². The van der Waals surface area contributed by atoms with Gasteiger partial charge in [-0.2, -0.15) is 0 Å². The zero-order chi connectivity index (χ0) is 13.7. The lowest BCUT2D eigenvalue weighted by atomic mass is 9.49. The Balaban J connectivity index is 1.58. The first kappa shape index (κ1) is 13.1. The number of likely N-dealkylation sites (tertiary alicyclic amines) is 1. The number of hydrogen-bond donors (Lipinski definition) is 1. The second-order valence-electron chi connectivity index (χ2n) is 8.08. The summed E-state index contributed by atoms with van der Waals surface area (Å²) in [4.78, 5) is 15.5. The predicted molar refractivity (Wildman–Crippen MR) is 79.0 cm³/mol. The molecule has 4 aliphatic carbocycles. The SMILES string of the molecule is NCC1CCCCN1C(=O)C12CC3CC(CC(C3)C1)C2. The van der Waals surface area contributed by atoms with Crippen molar-refractivity contribution in [2.45, 2.75) is 63.8 Å². The van der Waals surface area contributed by atoms with Crippen LogP contribution in [0.25, 0.3) is 0 Å². The topological polar surface area (TPSA) is 46.3 Å². The molecule has 1 heterocycles. The van der Waals surface area contributed by atoms with E-state index in [0.29, 0.717) is 18.5 Å². The number of hydrogen-bond acceptors (Lipinski definition) is 2. The molecule has 5 rings (SSSR count). The van der Waals surface area contributed by atoms with E-state index >= 15 is 0 Å². The first-order valence-electron chi connectivity index (χ1n) is 8.71. The van der Waals surface area contributed by atoms with E-state index in [9.17, 15) is 4.79 Å². The highest BCUT2D eigenvalue weighted by atomic mass is 16.2. The smallest absolute Gasteiger partial charge is 0.229 e. The molecule has 4 bridgehead atoms. The third kappa shape index (κ3) is 1.93. The Bertz CT molecular complexity index is 371. The van der Waals surface area contributed by atoms with Gasteiger partial charge in [-0.1, -0.05) is 0 Å². The third-order valence-corrected chi connectivity index (χ3v) is 6.65. The summed E-state index contributed by atoms with van der Waals surface area (Å²) in [5.41, 5.74) is 5.96. The molecule has 20 heavy (non-hydrogen) atoms. The molecule has 3 heteroatoms. The molecule has 0 aromatic rings. The van der Waals surface area contributed by atoms with Crippen molar-refractivity contribution in [2.24, 2.45) is 28.9 Å². The first-order chi connectivity index (χ1) is 9.70. The summed E-state index contributed by atoms with van der Waals surface area (Å²) in [6.45, 7) is 1.61. The van der Waals surface area contributed by atoms with Crippen LogP contribution < -0.4 is 5.73 Å². The average Bonchev–Trinajstić information content (AvgIpc) is 2.45. The highest BCUT2D eigenvalue weighted by Gasteiger charge is 2.56. The van der Waals surface area contributed by atoms with Crippen molar-refractivity contribution >= 4 is 5.91 Å². The maximum atomic E-state index is 13.3. The molecule has 1 atom stereocenters. The molecule has 5 aliphatic rings. The Morgan fingerprint density at radius 3 is 2.20 bits per heavy atom. The number of carbonyl (C=O) groups is 1. The standard InChI is InChI=1S/C17H28N2O/c18-11-15-3-1-2-4-19(15)16(20)17-8-12-5-13(9-17)7-14(6-12)10-17/h12-15H,1-11,18H2. The van der Waals surface area contributed by atoms with Crippen LogP contribution in [0.4, 0.5) is 0 Å². The summed E-state index contributed by atoms with van der Waals surface area (Å²) >= 11 is 0. The molecule has 0 aromatic carbocycles. The molecule has 0 aromatic heterocycles. The monoisotopic (exact) mass is 276 g/mol. The zero-order valence-electron chi connectivity index (χ0n) is 12.5. The second kappa shape index (κ2) is 4.72. The summed E-state index contributed by atoms with van der Waals surface area (Å²) < 4.78 is 0. The van der Waals surface area contributed by atoms with Crippen LogP contribution in [-0.4, -0.2) is 29.9 Å². The number of rotatable bonds is 2. The summed E-state index contributed by atoms with van der Waals surface area (Å²) in [7, 11) is 0. The summed E-state index contributed by atoms with van der Waals surface area (Å²) in [5, 5.41) is 0. The van der Waals surface area contributed by atoms with E-state index in [-0.39, 0.29) is 5.41 Å². The lowest BCUT2D eigenvalue weighted by molar-refractivity contribution is -0.161. The number of nitrogens with zero attached hydrogens (tertiary/aromatic N) is 1. The van der Waals surface area contributed by atoms with Gasteiger partial charge in [0.25, 0.3) is 0 Å². The van der Waals surface area contributed by atoms with Gasteiger partial charge in [0.1, 0.15) is 0 Å². The largest absolute Gasteiger partial charge is 0.338 e. The van der Waals surface area contributed by atoms with Crippen molar-refractivity contribution in [3.05, 3.63) is 0 Å². The van der Waals surface area contributed by atoms with E-state index in [2.05, 4.69) is 4.90 Å². The fourth-order valence-electron chi connectivity index (χ4n) is 6.19. The minimum absolute atomic E-state index is 0.0273. The van der Waals surface area contributed by atoms with Crippen LogP contribution >= 0.6 is 0 Å². The van der Waals surface area contributed by atoms with Crippen molar-refractivity contribution in [3.63, 3.8) is 0 Å². The minimum atomic E-state index is 0.0273. The van der Waals surface area contributed by atoms with Crippen molar-refractivity contribution in [1.82, 2.24) is 4.90 Å². The van der Waals surface area contributed by atoms with Gasteiger partial charge in [0.05, 0.1) is 5.41 Å². The highest BCUT2D eigenvalue weighted by molar-refractivity contribution is 5.83. The summed E-state index contributed by atoms with van der Waals surface area (Å²) in [6.07, 6.45) is 11.3. The van der Waals surface area contributed by atoms with Crippen LogP contribution in [0.15, 0.2) is 0 Å². The molecule has 1 amide bonds. The first-order valence-corrected chi connectivity index (χ1v) is 8.71. The van der Waals surface area contributed by atoms with Gasteiger partial charge in [-0.05, 0) is 75.5 Å². The predicted octanol–water partition coefficient (Wildman–Crippen LogP) is 2.54. The fourth-order valence-corrected chi connectivity index (χ4v) is 6.19. The van der Waals surface area contributed by atoms with Crippen LogP contribution in [0.1, 0.15) is 57.8 Å². The average molecular weight is 276 g/mol. The molecule has 1 unspecified atom stereocenters. The Morgan fingerprint density at radius 1 is 1.05 bits per heavy atom. The number of nitrogens with two attached hydrogens (primary N) is 1. The highest BCUT2D eigenvalue weighted by Crippen LogP contribution is 2.60. The van der Waals surface area contributed by atoms with Gasteiger partial charge in [-0.25, -0.2) is 0 Å². The van der Waals surface area contributed by atoms with Gasteiger partial charge in [-0.15, -0.1) is 0 Å². The van der Waals surface area contributed by atoms with E-state index in [1.807, 2.05) is 0 Å². The molecule has 2 N–H and O–H groups in total. The maximum Gasteiger partial charge on any atom is 0.229 e. The van der Waals surface area contributed by atoms with Crippen molar-refractivity contribution in [1.29, 1.82) is 0 Å². The Kier molecular flexibility index (Phi) is 3.10. The van der Waals surface area contributed by atoms with Crippen molar-refractivity contribution in [3.8, 4) is 0 Å². The normalized spacial score (nSPS) is 46.8. The van der Waals surface area contributed by atoms with E-state index in [0.717, 1.165) is 30.7 Å². The van der Waals surface area contributed by atoms with Gasteiger partial charge >= 0.3 is 0 Å². The number of carbonyl (C=O) groups excluding carboxylic acids is 1. The van der Waals surface area contributed by atoms with Crippen molar-refractivity contribution < 1.29 is 4.79 Å². The molecule has 5 fully saturated rings. The summed E-state index contributed by atoms with van der Waals surface area (Å²) in [6, 6.07) is 0.323. The number of amides is 1. The molecule has 0 radical (unpaired) electrons.